The van der Waals surface area contributed by atoms with E-state index in [2.05, 4.69) is 14.9 Å². The van der Waals surface area contributed by atoms with Crippen LogP contribution in [-0.2, 0) is 17.9 Å². The molecule has 0 N–H and O–H groups in total. The maximum absolute atomic E-state index is 12.3. The van der Waals surface area contributed by atoms with Gasteiger partial charge in [-0.15, -0.1) is 0 Å². The summed E-state index contributed by atoms with van der Waals surface area (Å²) in [5.74, 6) is 1.05. The van der Waals surface area contributed by atoms with E-state index in [4.69, 9.17) is 0 Å². The van der Waals surface area contributed by atoms with Crippen LogP contribution >= 0.6 is 0 Å². The second-order valence-corrected chi connectivity index (χ2v) is 5.61. The summed E-state index contributed by atoms with van der Waals surface area (Å²) in [4.78, 5) is 24.8. The van der Waals surface area contributed by atoms with Crippen LogP contribution in [0, 0.1) is 6.92 Å². The van der Waals surface area contributed by atoms with Crippen LogP contribution in [0.15, 0.2) is 36.9 Å². The first-order valence-electron chi connectivity index (χ1n) is 7.59. The Labute approximate surface area is 130 Å². The van der Waals surface area contributed by atoms with Crippen molar-refractivity contribution < 1.29 is 4.79 Å². The van der Waals surface area contributed by atoms with E-state index in [9.17, 15) is 4.79 Å². The number of hydrogen-bond acceptors (Lipinski definition) is 4. The standard InChI is InChI=1S/C16H21N5O/c1-14-18-6-7-21(14)13-16(22)20-10-8-19(9-11-20)12-15-2-4-17-5-3-15/h2-7H,8-13H2,1H3. The minimum absolute atomic E-state index is 0.171. The van der Waals surface area contributed by atoms with Crippen molar-refractivity contribution >= 4 is 5.91 Å². The molecule has 3 heterocycles. The Balaban J connectivity index is 1.49. The molecule has 2 aromatic heterocycles. The van der Waals surface area contributed by atoms with Crippen LogP contribution in [0.5, 0.6) is 0 Å². The number of aryl methyl sites for hydroxylation is 1. The molecule has 3 rings (SSSR count). The molecule has 1 fully saturated rings. The van der Waals surface area contributed by atoms with Gasteiger partial charge in [0.1, 0.15) is 12.4 Å². The SMILES string of the molecule is Cc1nccn1CC(=O)N1CCN(Cc2ccncc2)CC1. The number of amides is 1. The summed E-state index contributed by atoms with van der Waals surface area (Å²) in [6.45, 7) is 6.63. The summed E-state index contributed by atoms with van der Waals surface area (Å²) >= 11 is 0. The molecule has 1 aliphatic rings. The highest BCUT2D eigenvalue weighted by molar-refractivity contribution is 5.76. The van der Waals surface area contributed by atoms with Crippen LogP contribution in [0.4, 0.5) is 0 Å². The fourth-order valence-electron chi connectivity index (χ4n) is 2.72. The fraction of sp³-hybridized carbons (Fsp3) is 0.438. The summed E-state index contributed by atoms with van der Waals surface area (Å²) in [5, 5.41) is 0. The second kappa shape index (κ2) is 6.70. The van der Waals surface area contributed by atoms with Crippen molar-refractivity contribution in [3.8, 4) is 0 Å². The van der Waals surface area contributed by atoms with E-state index in [1.165, 1.54) is 5.56 Å². The van der Waals surface area contributed by atoms with Crippen LogP contribution in [0.2, 0.25) is 0 Å². The van der Waals surface area contributed by atoms with Gasteiger partial charge in [-0.05, 0) is 24.6 Å². The molecular formula is C16H21N5O. The van der Waals surface area contributed by atoms with Crippen molar-refractivity contribution in [3.63, 3.8) is 0 Å². The first kappa shape index (κ1) is 14.7. The Bertz CT molecular complexity index is 616. The number of imidazole rings is 1. The minimum Gasteiger partial charge on any atom is -0.339 e. The lowest BCUT2D eigenvalue weighted by Gasteiger charge is -2.34. The predicted octanol–water partition coefficient (Wildman–Crippen LogP) is 0.931. The molecule has 0 aromatic carbocycles. The van der Waals surface area contributed by atoms with E-state index in [0.29, 0.717) is 6.54 Å². The van der Waals surface area contributed by atoms with Gasteiger partial charge in [0.05, 0.1) is 0 Å². The van der Waals surface area contributed by atoms with Gasteiger partial charge in [-0.2, -0.15) is 0 Å². The Morgan fingerprint density at radius 3 is 2.50 bits per heavy atom. The number of piperazine rings is 1. The van der Waals surface area contributed by atoms with Gasteiger partial charge in [0, 0.05) is 57.5 Å². The maximum Gasteiger partial charge on any atom is 0.242 e. The topological polar surface area (TPSA) is 54.3 Å². The molecule has 1 amide bonds. The van der Waals surface area contributed by atoms with E-state index in [1.807, 2.05) is 47.1 Å². The fourth-order valence-corrected chi connectivity index (χ4v) is 2.72. The first-order valence-corrected chi connectivity index (χ1v) is 7.59. The van der Waals surface area contributed by atoms with Gasteiger partial charge in [-0.25, -0.2) is 4.98 Å². The van der Waals surface area contributed by atoms with Gasteiger partial charge >= 0.3 is 0 Å². The number of carbonyl (C=O) groups is 1. The highest BCUT2D eigenvalue weighted by Gasteiger charge is 2.21. The lowest BCUT2D eigenvalue weighted by Crippen LogP contribution is -2.49. The Morgan fingerprint density at radius 1 is 1.14 bits per heavy atom. The zero-order chi connectivity index (χ0) is 15.4. The number of aromatic nitrogens is 3. The average Bonchev–Trinajstić information content (AvgIpc) is 2.94. The molecule has 1 saturated heterocycles. The normalized spacial score (nSPS) is 16.0. The molecule has 116 valence electrons. The molecule has 0 spiro atoms. The largest absolute Gasteiger partial charge is 0.339 e. The van der Waals surface area contributed by atoms with E-state index < -0.39 is 0 Å². The van der Waals surface area contributed by atoms with Crippen molar-refractivity contribution in [3.05, 3.63) is 48.3 Å². The van der Waals surface area contributed by atoms with Crippen molar-refractivity contribution in [1.82, 2.24) is 24.3 Å². The summed E-state index contributed by atoms with van der Waals surface area (Å²) in [6.07, 6.45) is 7.23. The van der Waals surface area contributed by atoms with Crippen molar-refractivity contribution in [2.24, 2.45) is 0 Å². The number of carbonyl (C=O) groups excluding carboxylic acids is 1. The molecule has 6 heteroatoms. The highest BCUT2D eigenvalue weighted by Crippen LogP contribution is 2.09. The van der Waals surface area contributed by atoms with Crippen LogP contribution < -0.4 is 0 Å². The summed E-state index contributed by atoms with van der Waals surface area (Å²) in [5.41, 5.74) is 1.27. The third-order valence-electron chi connectivity index (χ3n) is 4.11. The lowest BCUT2D eigenvalue weighted by atomic mass is 10.2. The molecule has 0 bridgehead atoms. The van der Waals surface area contributed by atoms with E-state index in [-0.39, 0.29) is 5.91 Å². The zero-order valence-electron chi connectivity index (χ0n) is 12.9. The molecule has 0 aliphatic carbocycles. The van der Waals surface area contributed by atoms with E-state index in [0.717, 1.165) is 38.5 Å². The zero-order valence-corrected chi connectivity index (χ0v) is 12.9. The Hall–Kier alpha value is -2.21. The van der Waals surface area contributed by atoms with Gasteiger partial charge in [-0.1, -0.05) is 0 Å². The molecule has 22 heavy (non-hydrogen) atoms. The quantitative estimate of drug-likeness (QED) is 0.843. The van der Waals surface area contributed by atoms with Crippen molar-refractivity contribution in [2.45, 2.75) is 20.0 Å². The maximum atomic E-state index is 12.3. The number of rotatable bonds is 4. The third kappa shape index (κ3) is 3.51. The van der Waals surface area contributed by atoms with E-state index in [1.54, 1.807) is 6.20 Å². The summed E-state index contributed by atoms with van der Waals surface area (Å²) in [7, 11) is 0. The Morgan fingerprint density at radius 2 is 1.86 bits per heavy atom. The molecular weight excluding hydrogens is 278 g/mol. The minimum atomic E-state index is 0.171. The molecule has 2 aromatic rings. The molecule has 0 saturated carbocycles. The van der Waals surface area contributed by atoms with Gasteiger partial charge in [0.2, 0.25) is 5.91 Å². The van der Waals surface area contributed by atoms with Gasteiger partial charge in [0.15, 0.2) is 0 Å². The van der Waals surface area contributed by atoms with Crippen LogP contribution in [-0.4, -0.2) is 56.4 Å². The molecule has 0 radical (unpaired) electrons. The summed E-state index contributed by atoms with van der Waals surface area (Å²) < 4.78 is 1.89. The van der Waals surface area contributed by atoms with Gasteiger partial charge in [0.25, 0.3) is 0 Å². The van der Waals surface area contributed by atoms with Crippen LogP contribution in [0.1, 0.15) is 11.4 Å². The number of hydrogen-bond donors (Lipinski definition) is 0. The molecule has 0 unspecified atom stereocenters. The molecule has 6 nitrogen and oxygen atoms in total. The second-order valence-electron chi connectivity index (χ2n) is 5.61. The average molecular weight is 299 g/mol. The number of pyridine rings is 1. The van der Waals surface area contributed by atoms with Crippen LogP contribution in [0.25, 0.3) is 0 Å². The van der Waals surface area contributed by atoms with Crippen LogP contribution in [0.3, 0.4) is 0 Å². The Kier molecular flexibility index (Phi) is 4.48. The smallest absolute Gasteiger partial charge is 0.242 e. The highest BCUT2D eigenvalue weighted by atomic mass is 16.2. The van der Waals surface area contributed by atoms with Gasteiger partial charge < -0.3 is 9.47 Å². The monoisotopic (exact) mass is 299 g/mol. The lowest BCUT2D eigenvalue weighted by molar-refractivity contribution is -0.133. The molecule has 1 aliphatic heterocycles. The van der Waals surface area contributed by atoms with E-state index >= 15 is 0 Å². The molecule has 0 atom stereocenters. The third-order valence-corrected chi connectivity index (χ3v) is 4.11. The first-order chi connectivity index (χ1) is 10.7. The number of nitrogens with zero attached hydrogens (tertiary/aromatic N) is 5. The van der Waals surface area contributed by atoms with Crippen molar-refractivity contribution in [1.29, 1.82) is 0 Å². The summed E-state index contributed by atoms with van der Waals surface area (Å²) in [6, 6.07) is 4.08. The predicted molar refractivity (Wildman–Crippen MR) is 83.1 cm³/mol. The van der Waals surface area contributed by atoms with Crippen molar-refractivity contribution in [2.75, 3.05) is 26.2 Å². The van der Waals surface area contributed by atoms with Gasteiger partial charge in [-0.3, -0.25) is 14.7 Å².